The molecule has 0 saturated heterocycles. The maximum atomic E-state index is 10.7. The van der Waals surface area contributed by atoms with Crippen molar-refractivity contribution < 1.29 is 5.03 Å². The number of hydrazine groups is 1. The van der Waals surface area contributed by atoms with Crippen LogP contribution in [0.15, 0.2) is 23.3 Å². The molecule has 0 atom stereocenters. The number of hydrogen-bond acceptors (Lipinski definition) is 5. The van der Waals surface area contributed by atoms with Gasteiger partial charge in [0.2, 0.25) is 0 Å². The van der Waals surface area contributed by atoms with Crippen LogP contribution in [-0.4, -0.2) is 40.5 Å². The maximum Gasteiger partial charge on any atom is 0.198 e. The lowest BCUT2D eigenvalue weighted by Gasteiger charge is -2.08. The SMILES string of the molecule is CCN.O=[N+]([O-])N1CCN=C1c1ccc(Cl)nc1. The van der Waals surface area contributed by atoms with E-state index >= 15 is 0 Å². The Labute approximate surface area is 109 Å². The summed E-state index contributed by atoms with van der Waals surface area (Å²) >= 11 is 5.62. The summed E-state index contributed by atoms with van der Waals surface area (Å²) < 4.78 is 0. The third-order valence-corrected chi connectivity index (χ3v) is 2.22. The zero-order valence-corrected chi connectivity index (χ0v) is 10.7. The van der Waals surface area contributed by atoms with E-state index in [1.807, 2.05) is 6.92 Å². The van der Waals surface area contributed by atoms with Gasteiger partial charge in [-0.3, -0.25) is 4.99 Å². The summed E-state index contributed by atoms with van der Waals surface area (Å²) in [4.78, 5) is 18.6. The predicted molar refractivity (Wildman–Crippen MR) is 69.1 cm³/mol. The Hall–Kier alpha value is -1.73. The van der Waals surface area contributed by atoms with Crippen molar-refractivity contribution in [1.82, 2.24) is 9.99 Å². The summed E-state index contributed by atoms with van der Waals surface area (Å²) in [6, 6.07) is 3.24. The Morgan fingerprint density at radius 2 is 2.28 bits per heavy atom. The molecule has 0 unspecified atom stereocenters. The van der Waals surface area contributed by atoms with Crippen LogP contribution in [0.1, 0.15) is 12.5 Å². The lowest BCUT2D eigenvalue weighted by Crippen LogP contribution is -2.33. The van der Waals surface area contributed by atoms with Gasteiger partial charge in [-0.05, 0) is 18.7 Å². The second-order valence-electron chi connectivity index (χ2n) is 3.34. The van der Waals surface area contributed by atoms with Crippen molar-refractivity contribution in [3.63, 3.8) is 0 Å². The van der Waals surface area contributed by atoms with Gasteiger partial charge in [0.1, 0.15) is 11.7 Å². The van der Waals surface area contributed by atoms with E-state index in [4.69, 9.17) is 17.3 Å². The highest BCUT2D eigenvalue weighted by molar-refractivity contribution is 6.29. The highest BCUT2D eigenvalue weighted by Crippen LogP contribution is 2.12. The lowest BCUT2D eigenvalue weighted by molar-refractivity contribution is -0.626. The molecule has 1 aliphatic heterocycles. The van der Waals surface area contributed by atoms with Gasteiger partial charge in [0.05, 0.1) is 6.54 Å². The molecule has 0 fully saturated rings. The van der Waals surface area contributed by atoms with E-state index < -0.39 is 5.03 Å². The van der Waals surface area contributed by atoms with Gasteiger partial charge in [0.15, 0.2) is 10.9 Å². The van der Waals surface area contributed by atoms with Gasteiger partial charge >= 0.3 is 0 Å². The molecule has 0 spiro atoms. The first-order valence-corrected chi connectivity index (χ1v) is 5.76. The maximum absolute atomic E-state index is 10.7. The van der Waals surface area contributed by atoms with E-state index in [0.29, 0.717) is 29.6 Å². The highest BCUT2D eigenvalue weighted by atomic mass is 35.5. The quantitative estimate of drug-likeness (QED) is 0.491. The van der Waals surface area contributed by atoms with Crippen LogP contribution in [0.5, 0.6) is 0 Å². The minimum absolute atomic E-state index is 0.297. The molecule has 0 saturated carbocycles. The number of nitro groups is 1. The molecular weight excluding hydrogens is 258 g/mol. The van der Waals surface area contributed by atoms with E-state index in [1.54, 1.807) is 12.1 Å². The Morgan fingerprint density at radius 3 is 2.78 bits per heavy atom. The molecule has 1 aromatic heterocycles. The summed E-state index contributed by atoms with van der Waals surface area (Å²) in [5.74, 6) is 0.337. The number of hydrogen-bond donors (Lipinski definition) is 1. The number of nitrogens with zero attached hydrogens (tertiary/aromatic N) is 4. The Morgan fingerprint density at radius 1 is 1.61 bits per heavy atom. The van der Waals surface area contributed by atoms with Crippen LogP contribution in [0.2, 0.25) is 5.15 Å². The normalized spacial score (nSPS) is 13.7. The molecule has 0 amide bonds. The third-order valence-electron chi connectivity index (χ3n) is 2.00. The second-order valence-corrected chi connectivity index (χ2v) is 3.73. The van der Waals surface area contributed by atoms with Crippen LogP contribution in [-0.2, 0) is 0 Å². The van der Waals surface area contributed by atoms with Crippen molar-refractivity contribution in [3.8, 4) is 0 Å². The summed E-state index contributed by atoms with van der Waals surface area (Å²) in [5.41, 5.74) is 5.45. The van der Waals surface area contributed by atoms with Crippen LogP contribution in [0.25, 0.3) is 0 Å². The van der Waals surface area contributed by atoms with Crippen molar-refractivity contribution >= 4 is 17.4 Å². The minimum atomic E-state index is -0.472. The van der Waals surface area contributed by atoms with Crippen LogP contribution in [0, 0.1) is 10.1 Å². The molecular formula is C10H14ClN5O2. The zero-order valence-electron chi connectivity index (χ0n) is 9.91. The molecule has 0 aromatic carbocycles. The first kappa shape index (κ1) is 14.3. The minimum Gasteiger partial charge on any atom is -0.331 e. The summed E-state index contributed by atoms with van der Waals surface area (Å²) in [6.45, 7) is 3.38. The number of halogens is 1. The topological polar surface area (TPSA) is 97.6 Å². The second kappa shape index (κ2) is 6.87. The Bertz CT molecular complexity index is 434. The molecule has 18 heavy (non-hydrogen) atoms. The van der Waals surface area contributed by atoms with Crippen molar-refractivity contribution in [1.29, 1.82) is 0 Å². The summed E-state index contributed by atoms with van der Waals surface area (Å²) in [5, 5.41) is 11.5. The van der Waals surface area contributed by atoms with Gasteiger partial charge in [-0.15, -0.1) is 0 Å². The van der Waals surface area contributed by atoms with Crippen LogP contribution >= 0.6 is 11.6 Å². The number of pyridine rings is 1. The molecule has 2 N–H and O–H groups in total. The van der Waals surface area contributed by atoms with Crippen molar-refractivity contribution in [3.05, 3.63) is 39.2 Å². The molecule has 0 aliphatic carbocycles. The molecule has 1 aromatic rings. The van der Waals surface area contributed by atoms with E-state index in [0.717, 1.165) is 11.6 Å². The van der Waals surface area contributed by atoms with E-state index in [1.165, 1.54) is 6.20 Å². The highest BCUT2D eigenvalue weighted by Gasteiger charge is 2.27. The first-order chi connectivity index (χ1) is 8.60. The fraction of sp³-hybridized carbons (Fsp3) is 0.400. The van der Waals surface area contributed by atoms with Gasteiger partial charge in [-0.2, -0.15) is 0 Å². The number of amidine groups is 1. The van der Waals surface area contributed by atoms with Crippen LogP contribution < -0.4 is 5.73 Å². The zero-order chi connectivity index (χ0) is 13.5. The largest absolute Gasteiger partial charge is 0.331 e. The number of aliphatic imine (C=N–C) groups is 1. The van der Waals surface area contributed by atoms with E-state index in [2.05, 4.69) is 9.98 Å². The molecule has 0 radical (unpaired) electrons. The van der Waals surface area contributed by atoms with Gasteiger partial charge in [0, 0.05) is 11.8 Å². The molecule has 0 bridgehead atoms. The fourth-order valence-corrected chi connectivity index (χ4v) is 1.46. The third kappa shape index (κ3) is 3.64. The Balaban J connectivity index is 0.000000492. The first-order valence-electron chi connectivity index (χ1n) is 5.38. The summed E-state index contributed by atoms with van der Waals surface area (Å²) in [7, 11) is 0. The standard InChI is InChI=1S/C8H7ClN4O2.C2H7N/c9-7-2-1-6(5-11-7)8-10-3-4-12(8)13(14)15;1-2-3/h1-2,5H,3-4H2;2-3H2,1H3. The smallest absolute Gasteiger partial charge is 0.198 e. The predicted octanol–water partition coefficient (Wildman–Crippen LogP) is 0.954. The average Bonchev–Trinajstić information content (AvgIpc) is 2.80. The van der Waals surface area contributed by atoms with Gasteiger partial charge in [-0.25, -0.2) is 15.1 Å². The molecule has 2 rings (SSSR count). The van der Waals surface area contributed by atoms with Gasteiger partial charge < -0.3 is 5.73 Å². The summed E-state index contributed by atoms with van der Waals surface area (Å²) in [6.07, 6.45) is 1.48. The Kier molecular flexibility index (Phi) is 5.47. The fourth-order valence-electron chi connectivity index (χ4n) is 1.35. The number of nitrogens with two attached hydrogens (primary N) is 1. The van der Waals surface area contributed by atoms with Gasteiger partial charge in [0.25, 0.3) is 0 Å². The van der Waals surface area contributed by atoms with Gasteiger partial charge in [-0.1, -0.05) is 23.5 Å². The van der Waals surface area contributed by atoms with Crippen molar-refractivity contribution in [2.45, 2.75) is 6.92 Å². The number of rotatable bonds is 2. The molecule has 7 nitrogen and oxygen atoms in total. The van der Waals surface area contributed by atoms with E-state index in [-0.39, 0.29) is 0 Å². The average molecular weight is 272 g/mol. The molecule has 8 heteroatoms. The van der Waals surface area contributed by atoms with E-state index in [9.17, 15) is 10.1 Å². The molecule has 98 valence electrons. The van der Waals surface area contributed by atoms with Crippen LogP contribution in [0.3, 0.4) is 0 Å². The van der Waals surface area contributed by atoms with Crippen LogP contribution in [0.4, 0.5) is 0 Å². The van der Waals surface area contributed by atoms with Crippen molar-refractivity contribution in [2.24, 2.45) is 10.7 Å². The molecule has 2 heterocycles. The number of aromatic nitrogens is 1. The monoisotopic (exact) mass is 271 g/mol. The molecule has 1 aliphatic rings. The van der Waals surface area contributed by atoms with Crippen molar-refractivity contribution in [2.75, 3.05) is 19.6 Å². The lowest BCUT2D eigenvalue weighted by atomic mass is 10.2.